The summed E-state index contributed by atoms with van der Waals surface area (Å²) in [6, 6.07) is 7.70. The Morgan fingerprint density at radius 2 is 1.95 bits per heavy atom. The van der Waals surface area contributed by atoms with E-state index in [9.17, 15) is 0 Å². The molecule has 0 aliphatic heterocycles. The molecule has 0 saturated heterocycles. The molecule has 0 aliphatic rings. The van der Waals surface area contributed by atoms with Gasteiger partial charge < -0.3 is 14.8 Å². The number of rotatable bonds is 7. The minimum Gasteiger partial charge on any atom is -0.490 e. The number of hydrogen-bond donors (Lipinski definition) is 1. The second kappa shape index (κ2) is 6.68. The van der Waals surface area contributed by atoms with Crippen molar-refractivity contribution in [3.63, 3.8) is 0 Å². The molecule has 0 unspecified atom stereocenters. The van der Waals surface area contributed by atoms with Gasteiger partial charge in [-0.15, -0.1) is 0 Å². The topological polar surface area (TPSA) is 48.3 Å². The third-order valence-corrected chi connectivity index (χ3v) is 2.54. The molecule has 2 rings (SSSR count). The van der Waals surface area contributed by atoms with Crippen molar-refractivity contribution in [2.24, 2.45) is 7.05 Å². The van der Waals surface area contributed by atoms with Crippen LogP contribution < -0.4 is 14.8 Å². The van der Waals surface area contributed by atoms with Crippen LogP contribution in [0.1, 0.15) is 6.92 Å². The second-order valence-corrected chi connectivity index (χ2v) is 4.06. The first-order valence-corrected chi connectivity index (χ1v) is 6.36. The third-order valence-electron chi connectivity index (χ3n) is 2.54. The van der Waals surface area contributed by atoms with Crippen LogP contribution in [0.15, 0.2) is 36.7 Å². The van der Waals surface area contributed by atoms with Crippen LogP contribution in [0.2, 0.25) is 0 Å². The predicted octanol–water partition coefficient (Wildman–Crippen LogP) is 2.31. The molecule has 0 fully saturated rings. The summed E-state index contributed by atoms with van der Waals surface area (Å²) < 4.78 is 13.0. The van der Waals surface area contributed by atoms with Crippen LogP contribution >= 0.6 is 0 Å². The quantitative estimate of drug-likeness (QED) is 0.777. The van der Waals surface area contributed by atoms with Gasteiger partial charge in [0.1, 0.15) is 6.61 Å². The van der Waals surface area contributed by atoms with Gasteiger partial charge in [0.25, 0.3) is 0 Å². The highest BCUT2D eigenvalue weighted by atomic mass is 16.5. The lowest BCUT2D eigenvalue weighted by molar-refractivity contribution is 0.284. The van der Waals surface area contributed by atoms with Gasteiger partial charge in [0.2, 0.25) is 0 Å². The second-order valence-electron chi connectivity index (χ2n) is 4.06. The Balaban J connectivity index is 1.79. The van der Waals surface area contributed by atoms with Crippen molar-refractivity contribution >= 4 is 5.69 Å². The number of benzene rings is 1. The zero-order valence-corrected chi connectivity index (χ0v) is 11.3. The molecule has 0 spiro atoms. The van der Waals surface area contributed by atoms with E-state index < -0.39 is 0 Å². The SMILES string of the molecule is CCOc1ccccc1OCCNc1cnn(C)c1. The molecule has 1 aromatic carbocycles. The third kappa shape index (κ3) is 3.91. The molecule has 1 heterocycles. The first-order chi connectivity index (χ1) is 9.29. The highest BCUT2D eigenvalue weighted by Crippen LogP contribution is 2.26. The van der Waals surface area contributed by atoms with Gasteiger partial charge in [-0.1, -0.05) is 12.1 Å². The monoisotopic (exact) mass is 261 g/mol. The van der Waals surface area contributed by atoms with Gasteiger partial charge in [-0.05, 0) is 19.1 Å². The first-order valence-electron chi connectivity index (χ1n) is 6.36. The molecule has 0 atom stereocenters. The minimum absolute atomic E-state index is 0.568. The number of anilines is 1. The molecular formula is C14H19N3O2. The summed E-state index contributed by atoms with van der Waals surface area (Å²) in [5.41, 5.74) is 0.990. The summed E-state index contributed by atoms with van der Waals surface area (Å²) in [5, 5.41) is 7.32. The van der Waals surface area contributed by atoms with Crippen molar-refractivity contribution in [3.05, 3.63) is 36.7 Å². The van der Waals surface area contributed by atoms with Gasteiger partial charge >= 0.3 is 0 Å². The zero-order chi connectivity index (χ0) is 13.5. The lowest BCUT2D eigenvalue weighted by Crippen LogP contribution is -2.11. The standard InChI is InChI=1S/C14H19N3O2/c1-3-18-13-6-4-5-7-14(13)19-9-8-15-12-10-16-17(2)11-12/h4-7,10-11,15H,3,8-9H2,1-2H3. The molecule has 0 radical (unpaired) electrons. The Labute approximate surface area is 113 Å². The maximum absolute atomic E-state index is 5.70. The van der Waals surface area contributed by atoms with Crippen molar-refractivity contribution in [1.82, 2.24) is 9.78 Å². The molecule has 19 heavy (non-hydrogen) atoms. The molecule has 5 nitrogen and oxygen atoms in total. The fraction of sp³-hybridized carbons (Fsp3) is 0.357. The molecule has 0 amide bonds. The Morgan fingerprint density at radius 3 is 2.58 bits per heavy atom. The Kier molecular flexibility index (Phi) is 4.66. The van der Waals surface area contributed by atoms with Crippen LogP contribution in [0.25, 0.3) is 0 Å². The maximum atomic E-state index is 5.70. The smallest absolute Gasteiger partial charge is 0.161 e. The van der Waals surface area contributed by atoms with E-state index in [1.165, 1.54) is 0 Å². The number of aromatic nitrogens is 2. The van der Waals surface area contributed by atoms with Gasteiger partial charge in [0, 0.05) is 19.8 Å². The minimum atomic E-state index is 0.568. The zero-order valence-electron chi connectivity index (χ0n) is 11.3. The summed E-state index contributed by atoms with van der Waals surface area (Å²) >= 11 is 0. The number of aryl methyl sites for hydroxylation is 1. The van der Waals surface area contributed by atoms with Crippen molar-refractivity contribution in [1.29, 1.82) is 0 Å². The molecule has 102 valence electrons. The van der Waals surface area contributed by atoms with E-state index in [2.05, 4.69) is 10.4 Å². The molecule has 0 saturated carbocycles. The molecule has 0 aliphatic carbocycles. The van der Waals surface area contributed by atoms with Gasteiger partial charge in [0.15, 0.2) is 11.5 Å². The van der Waals surface area contributed by atoms with Gasteiger partial charge in [-0.3, -0.25) is 4.68 Å². The normalized spacial score (nSPS) is 10.2. The summed E-state index contributed by atoms with van der Waals surface area (Å²) in [6.45, 7) is 3.88. The van der Waals surface area contributed by atoms with Crippen LogP contribution in [-0.2, 0) is 7.05 Å². The number of nitrogens with one attached hydrogen (secondary N) is 1. The predicted molar refractivity (Wildman–Crippen MR) is 74.8 cm³/mol. The average molecular weight is 261 g/mol. The van der Waals surface area contributed by atoms with Gasteiger partial charge in [0.05, 0.1) is 18.5 Å². The molecule has 1 aromatic heterocycles. The molecular weight excluding hydrogens is 242 g/mol. The van der Waals surface area contributed by atoms with E-state index in [4.69, 9.17) is 9.47 Å². The number of ether oxygens (including phenoxy) is 2. The van der Waals surface area contributed by atoms with Crippen LogP contribution in [0, 0.1) is 0 Å². The van der Waals surface area contributed by atoms with E-state index in [0.29, 0.717) is 19.8 Å². The van der Waals surface area contributed by atoms with E-state index in [1.54, 1.807) is 10.9 Å². The van der Waals surface area contributed by atoms with Crippen LogP contribution in [0.5, 0.6) is 11.5 Å². The largest absolute Gasteiger partial charge is 0.490 e. The van der Waals surface area contributed by atoms with Crippen LogP contribution in [0.3, 0.4) is 0 Å². The summed E-state index contributed by atoms with van der Waals surface area (Å²) in [4.78, 5) is 0. The van der Waals surface area contributed by atoms with Crippen molar-refractivity contribution in [2.75, 3.05) is 25.1 Å². The summed E-state index contributed by atoms with van der Waals surface area (Å²) in [6.07, 6.45) is 3.71. The van der Waals surface area contributed by atoms with Crippen molar-refractivity contribution < 1.29 is 9.47 Å². The molecule has 5 heteroatoms. The van der Waals surface area contributed by atoms with Gasteiger partial charge in [-0.2, -0.15) is 5.10 Å². The summed E-state index contributed by atoms with van der Waals surface area (Å²) in [7, 11) is 1.89. The Hall–Kier alpha value is -2.17. The number of hydrogen-bond acceptors (Lipinski definition) is 4. The molecule has 2 aromatic rings. The number of para-hydroxylation sites is 2. The first kappa shape index (κ1) is 13.3. The average Bonchev–Trinajstić information content (AvgIpc) is 2.83. The van der Waals surface area contributed by atoms with E-state index in [0.717, 1.165) is 17.2 Å². The van der Waals surface area contributed by atoms with Crippen LogP contribution in [0.4, 0.5) is 5.69 Å². The lowest BCUT2D eigenvalue weighted by Gasteiger charge is -2.11. The lowest BCUT2D eigenvalue weighted by atomic mass is 10.3. The van der Waals surface area contributed by atoms with E-state index >= 15 is 0 Å². The Bertz CT molecular complexity index is 511. The van der Waals surface area contributed by atoms with Gasteiger partial charge in [-0.25, -0.2) is 0 Å². The highest BCUT2D eigenvalue weighted by Gasteiger charge is 2.02. The molecule has 0 bridgehead atoms. The Morgan fingerprint density at radius 1 is 1.21 bits per heavy atom. The fourth-order valence-corrected chi connectivity index (χ4v) is 1.71. The van der Waals surface area contributed by atoms with E-state index in [1.807, 2.05) is 44.4 Å². The van der Waals surface area contributed by atoms with Crippen molar-refractivity contribution in [3.8, 4) is 11.5 Å². The summed E-state index contributed by atoms with van der Waals surface area (Å²) in [5.74, 6) is 1.56. The van der Waals surface area contributed by atoms with E-state index in [-0.39, 0.29) is 0 Å². The molecule has 1 N–H and O–H groups in total. The fourth-order valence-electron chi connectivity index (χ4n) is 1.71. The van der Waals surface area contributed by atoms with Crippen molar-refractivity contribution in [2.45, 2.75) is 6.92 Å². The van der Waals surface area contributed by atoms with Crippen LogP contribution in [-0.4, -0.2) is 29.5 Å². The highest BCUT2D eigenvalue weighted by molar-refractivity contribution is 5.40. The number of nitrogens with zero attached hydrogens (tertiary/aromatic N) is 2. The maximum Gasteiger partial charge on any atom is 0.161 e.